The number of hydrogen-bond acceptors (Lipinski definition) is 6. The van der Waals surface area contributed by atoms with Crippen LogP contribution in [0.25, 0.3) is 11.3 Å². The van der Waals surface area contributed by atoms with Gasteiger partial charge in [0.05, 0.1) is 29.4 Å². The van der Waals surface area contributed by atoms with Crippen molar-refractivity contribution in [2.75, 3.05) is 18.5 Å². The van der Waals surface area contributed by atoms with E-state index in [4.69, 9.17) is 26.8 Å². The van der Waals surface area contributed by atoms with Crippen LogP contribution in [0, 0.1) is 0 Å². The first kappa shape index (κ1) is 18.7. The van der Waals surface area contributed by atoms with Gasteiger partial charge in [-0.05, 0) is 18.2 Å². The molecule has 0 bridgehead atoms. The van der Waals surface area contributed by atoms with Crippen LogP contribution < -0.4 is 20.5 Å². The van der Waals surface area contributed by atoms with E-state index in [0.717, 1.165) is 0 Å². The highest BCUT2D eigenvalue weighted by Gasteiger charge is 2.17. The number of rotatable bonds is 6. The van der Waals surface area contributed by atoms with Crippen LogP contribution in [0.3, 0.4) is 0 Å². The van der Waals surface area contributed by atoms with Crippen LogP contribution in [0.4, 0.5) is 10.5 Å². The van der Waals surface area contributed by atoms with Gasteiger partial charge >= 0.3 is 6.09 Å². The molecule has 0 fully saturated rings. The molecule has 2 heterocycles. The van der Waals surface area contributed by atoms with Crippen LogP contribution in [0.1, 0.15) is 0 Å². The number of ether oxygens (including phenoxy) is 2. The standard InChI is InChI=1S/C17H19ClN6O3/c1-23-9-15(20-10-23)27-17(25)22-11-3-4-14(26-6-5-19)12(7-11)16-13(18)8-21-24(16)2/h3-4,7-10H,5-6,19H2,1-2H3,(H,22,25). The first-order chi connectivity index (χ1) is 13.0. The second-order valence-corrected chi connectivity index (χ2v) is 6.11. The van der Waals surface area contributed by atoms with Crippen LogP contribution in [0.2, 0.25) is 5.02 Å². The Hall–Kier alpha value is -3.04. The van der Waals surface area contributed by atoms with Gasteiger partial charge < -0.3 is 19.8 Å². The fourth-order valence-electron chi connectivity index (χ4n) is 2.48. The lowest BCUT2D eigenvalue weighted by Crippen LogP contribution is -2.17. The minimum Gasteiger partial charge on any atom is -0.492 e. The number of nitrogens with two attached hydrogens (primary N) is 1. The third-order valence-corrected chi connectivity index (χ3v) is 3.91. The molecule has 0 aliphatic rings. The fourth-order valence-corrected chi connectivity index (χ4v) is 2.75. The lowest BCUT2D eigenvalue weighted by Gasteiger charge is -2.14. The van der Waals surface area contributed by atoms with Gasteiger partial charge in [-0.1, -0.05) is 11.6 Å². The highest BCUT2D eigenvalue weighted by molar-refractivity contribution is 6.33. The molecule has 27 heavy (non-hydrogen) atoms. The number of amides is 1. The summed E-state index contributed by atoms with van der Waals surface area (Å²) in [7, 11) is 3.55. The molecular formula is C17H19ClN6O3. The van der Waals surface area contributed by atoms with E-state index < -0.39 is 6.09 Å². The molecule has 0 atom stereocenters. The van der Waals surface area contributed by atoms with Crippen molar-refractivity contribution < 1.29 is 14.3 Å². The summed E-state index contributed by atoms with van der Waals surface area (Å²) in [5.41, 5.74) is 7.36. The molecular weight excluding hydrogens is 372 g/mol. The zero-order chi connectivity index (χ0) is 19.4. The number of nitrogens with zero attached hydrogens (tertiary/aromatic N) is 4. The second-order valence-electron chi connectivity index (χ2n) is 5.70. The summed E-state index contributed by atoms with van der Waals surface area (Å²) < 4.78 is 14.1. The van der Waals surface area contributed by atoms with Crippen LogP contribution in [0.15, 0.2) is 36.9 Å². The third-order valence-electron chi connectivity index (χ3n) is 3.63. The highest BCUT2D eigenvalue weighted by Crippen LogP contribution is 2.36. The first-order valence-corrected chi connectivity index (χ1v) is 8.47. The molecule has 3 aromatic rings. The topological polar surface area (TPSA) is 109 Å². The molecule has 0 radical (unpaired) electrons. The molecule has 0 aliphatic heterocycles. The molecule has 142 valence electrons. The number of imidazole rings is 1. The summed E-state index contributed by atoms with van der Waals surface area (Å²) in [6, 6.07) is 5.15. The predicted octanol–water partition coefficient (Wildman–Crippen LogP) is 2.42. The molecule has 3 rings (SSSR count). The average Bonchev–Trinajstić information content (AvgIpc) is 3.18. The van der Waals surface area contributed by atoms with Gasteiger partial charge in [-0.15, -0.1) is 0 Å². The number of anilines is 1. The Bertz CT molecular complexity index is 933. The molecule has 1 amide bonds. The van der Waals surface area contributed by atoms with E-state index >= 15 is 0 Å². The summed E-state index contributed by atoms with van der Waals surface area (Å²) in [6.45, 7) is 0.714. The van der Waals surface area contributed by atoms with Crippen LogP contribution in [-0.4, -0.2) is 38.6 Å². The molecule has 9 nitrogen and oxygen atoms in total. The molecule has 2 aromatic heterocycles. The minimum absolute atomic E-state index is 0.202. The van der Waals surface area contributed by atoms with Gasteiger partial charge in [0.25, 0.3) is 0 Å². The molecule has 10 heteroatoms. The number of nitrogens with one attached hydrogen (secondary N) is 1. The number of carbonyl (C=O) groups excluding carboxylic acids is 1. The van der Waals surface area contributed by atoms with Gasteiger partial charge in [-0.2, -0.15) is 5.10 Å². The average molecular weight is 391 g/mol. The summed E-state index contributed by atoms with van der Waals surface area (Å²) in [6.07, 6.45) is 4.00. The lowest BCUT2D eigenvalue weighted by molar-refractivity contribution is 0.213. The normalized spacial score (nSPS) is 10.7. The quantitative estimate of drug-likeness (QED) is 0.669. The second kappa shape index (κ2) is 8.11. The SMILES string of the molecule is Cn1cnc(OC(=O)Nc2ccc(OCCN)c(-c3c(Cl)cnn3C)c2)c1. The van der Waals surface area contributed by atoms with Gasteiger partial charge in [0.2, 0.25) is 5.88 Å². The van der Waals surface area contributed by atoms with E-state index in [1.807, 2.05) is 0 Å². The van der Waals surface area contributed by atoms with E-state index in [1.54, 1.807) is 53.9 Å². The van der Waals surface area contributed by atoms with E-state index in [0.29, 0.717) is 40.9 Å². The first-order valence-electron chi connectivity index (χ1n) is 8.09. The Kier molecular flexibility index (Phi) is 5.63. The number of benzene rings is 1. The monoisotopic (exact) mass is 390 g/mol. The van der Waals surface area contributed by atoms with Crippen molar-refractivity contribution in [2.24, 2.45) is 19.8 Å². The Labute approximate surface area is 160 Å². The lowest BCUT2D eigenvalue weighted by atomic mass is 10.1. The summed E-state index contributed by atoms with van der Waals surface area (Å²) in [5.74, 6) is 0.780. The maximum absolute atomic E-state index is 12.1. The molecule has 0 saturated carbocycles. The van der Waals surface area contributed by atoms with Crippen molar-refractivity contribution in [3.8, 4) is 22.9 Å². The molecule has 0 unspecified atom stereocenters. The van der Waals surface area contributed by atoms with Gasteiger partial charge in [0.15, 0.2) is 0 Å². The van der Waals surface area contributed by atoms with Gasteiger partial charge in [-0.25, -0.2) is 9.78 Å². The molecule has 0 spiro atoms. The van der Waals surface area contributed by atoms with E-state index in [-0.39, 0.29) is 5.88 Å². The van der Waals surface area contributed by atoms with Crippen LogP contribution in [-0.2, 0) is 14.1 Å². The number of carbonyl (C=O) groups is 1. The van der Waals surface area contributed by atoms with E-state index in [1.165, 1.54) is 6.33 Å². The van der Waals surface area contributed by atoms with E-state index in [9.17, 15) is 4.79 Å². The largest absolute Gasteiger partial charge is 0.492 e. The predicted molar refractivity (Wildman–Crippen MR) is 101 cm³/mol. The Morgan fingerprint density at radius 1 is 1.37 bits per heavy atom. The fraction of sp³-hybridized carbons (Fsp3) is 0.235. The third kappa shape index (κ3) is 4.39. The number of aromatic nitrogens is 4. The van der Waals surface area contributed by atoms with Crippen molar-refractivity contribution in [1.29, 1.82) is 0 Å². The van der Waals surface area contributed by atoms with Crippen molar-refractivity contribution in [3.05, 3.63) is 41.9 Å². The zero-order valence-corrected chi connectivity index (χ0v) is 15.6. The van der Waals surface area contributed by atoms with Crippen molar-refractivity contribution in [1.82, 2.24) is 19.3 Å². The molecule has 1 aromatic carbocycles. The van der Waals surface area contributed by atoms with Crippen molar-refractivity contribution >= 4 is 23.4 Å². The van der Waals surface area contributed by atoms with Crippen LogP contribution >= 0.6 is 11.6 Å². The Balaban J connectivity index is 1.86. The molecule has 3 N–H and O–H groups in total. The minimum atomic E-state index is -0.661. The van der Waals surface area contributed by atoms with Crippen molar-refractivity contribution in [2.45, 2.75) is 0 Å². The van der Waals surface area contributed by atoms with E-state index in [2.05, 4.69) is 15.4 Å². The number of hydrogen-bond donors (Lipinski definition) is 2. The van der Waals surface area contributed by atoms with Crippen LogP contribution in [0.5, 0.6) is 11.6 Å². The summed E-state index contributed by atoms with van der Waals surface area (Å²) in [5, 5.41) is 7.27. The van der Waals surface area contributed by atoms with Gasteiger partial charge in [0.1, 0.15) is 12.4 Å². The van der Waals surface area contributed by atoms with Crippen molar-refractivity contribution in [3.63, 3.8) is 0 Å². The summed E-state index contributed by atoms with van der Waals surface area (Å²) in [4.78, 5) is 16.1. The Morgan fingerprint density at radius 3 is 2.81 bits per heavy atom. The Morgan fingerprint density at radius 2 is 2.19 bits per heavy atom. The zero-order valence-electron chi connectivity index (χ0n) is 14.8. The highest BCUT2D eigenvalue weighted by atomic mass is 35.5. The maximum atomic E-state index is 12.1. The smallest absolute Gasteiger partial charge is 0.418 e. The van der Waals surface area contributed by atoms with Gasteiger partial charge in [0, 0.05) is 31.9 Å². The number of halogens is 1. The maximum Gasteiger partial charge on any atom is 0.418 e. The summed E-state index contributed by atoms with van der Waals surface area (Å²) >= 11 is 6.27. The molecule has 0 saturated heterocycles. The van der Waals surface area contributed by atoms with Gasteiger partial charge in [-0.3, -0.25) is 10.00 Å². The number of aryl methyl sites for hydroxylation is 2. The molecule has 0 aliphatic carbocycles.